The first-order valence-corrected chi connectivity index (χ1v) is 12.0. The molecule has 1 amide bonds. The SMILES string of the molecule is Cc1cc(CNCc2ccc3c(c2)C(NC(=O)c2ccc(-c4ccccc4)cc2F)C(O)C3)n(C)n1. The van der Waals surface area contributed by atoms with Crippen molar-refractivity contribution in [1.29, 1.82) is 0 Å². The number of hydrogen-bond donors (Lipinski definition) is 3. The summed E-state index contributed by atoms with van der Waals surface area (Å²) in [7, 11) is 1.92. The molecule has 0 spiro atoms. The van der Waals surface area contributed by atoms with Crippen LogP contribution in [-0.4, -0.2) is 26.9 Å². The molecule has 1 aliphatic rings. The van der Waals surface area contributed by atoms with Crippen LogP contribution in [0, 0.1) is 12.7 Å². The minimum Gasteiger partial charge on any atom is -0.390 e. The number of aromatic nitrogens is 2. The van der Waals surface area contributed by atoms with Crippen molar-refractivity contribution < 1.29 is 14.3 Å². The van der Waals surface area contributed by atoms with Gasteiger partial charge in [0.15, 0.2) is 0 Å². The van der Waals surface area contributed by atoms with Gasteiger partial charge in [-0.2, -0.15) is 5.10 Å². The largest absolute Gasteiger partial charge is 0.390 e. The summed E-state index contributed by atoms with van der Waals surface area (Å²) in [4.78, 5) is 13.0. The topological polar surface area (TPSA) is 79.2 Å². The third-order valence-corrected chi connectivity index (χ3v) is 6.70. The third kappa shape index (κ3) is 4.94. The molecule has 0 aliphatic heterocycles. The quantitative estimate of drug-likeness (QED) is 0.367. The molecule has 0 saturated heterocycles. The predicted octanol–water partition coefficient (Wildman–Crippen LogP) is 4.21. The van der Waals surface area contributed by atoms with Gasteiger partial charge in [-0.1, -0.05) is 54.6 Å². The van der Waals surface area contributed by atoms with E-state index in [0.29, 0.717) is 25.1 Å². The van der Waals surface area contributed by atoms with E-state index >= 15 is 0 Å². The number of hydrogen-bond acceptors (Lipinski definition) is 4. The van der Waals surface area contributed by atoms with Crippen LogP contribution in [-0.2, 0) is 26.6 Å². The Morgan fingerprint density at radius 2 is 1.86 bits per heavy atom. The summed E-state index contributed by atoms with van der Waals surface area (Å²) in [6, 6.07) is 21.5. The fourth-order valence-electron chi connectivity index (χ4n) is 4.85. The summed E-state index contributed by atoms with van der Waals surface area (Å²) in [5.74, 6) is -1.14. The molecule has 1 aromatic heterocycles. The number of carbonyl (C=O) groups is 1. The van der Waals surface area contributed by atoms with Crippen molar-refractivity contribution >= 4 is 5.91 Å². The number of carbonyl (C=O) groups excluding carboxylic acids is 1. The summed E-state index contributed by atoms with van der Waals surface area (Å²) < 4.78 is 16.7. The van der Waals surface area contributed by atoms with E-state index in [0.717, 1.165) is 33.6 Å². The molecule has 3 N–H and O–H groups in total. The Morgan fingerprint density at radius 1 is 1.06 bits per heavy atom. The van der Waals surface area contributed by atoms with E-state index in [4.69, 9.17) is 0 Å². The molecule has 1 aliphatic carbocycles. The molecule has 0 bridgehead atoms. The standard InChI is InChI=1S/C29H29FN4O2/c1-18-12-23(34(2)33-18)17-31-16-19-8-9-22-15-27(35)28(25(22)13-19)32-29(36)24-11-10-21(14-26(24)30)20-6-4-3-5-7-20/h3-14,27-28,31,35H,15-17H2,1-2H3,(H,32,36). The molecule has 3 aromatic carbocycles. The lowest BCUT2D eigenvalue weighted by atomic mass is 10.0. The van der Waals surface area contributed by atoms with Crippen molar-refractivity contribution in [2.75, 3.05) is 0 Å². The number of nitrogens with zero attached hydrogens (tertiary/aromatic N) is 2. The molecule has 184 valence electrons. The van der Waals surface area contributed by atoms with Gasteiger partial charge in [-0.3, -0.25) is 9.48 Å². The first-order valence-electron chi connectivity index (χ1n) is 12.0. The molecule has 0 saturated carbocycles. The highest BCUT2D eigenvalue weighted by Gasteiger charge is 2.33. The van der Waals surface area contributed by atoms with Crippen LogP contribution >= 0.6 is 0 Å². The zero-order valence-corrected chi connectivity index (χ0v) is 20.3. The molecule has 5 rings (SSSR count). The molecule has 2 atom stereocenters. The lowest BCUT2D eigenvalue weighted by Gasteiger charge is -2.19. The fraction of sp³-hybridized carbons (Fsp3) is 0.241. The molecule has 6 nitrogen and oxygen atoms in total. The lowest BCUT2D eigenvalue weighted by Crippen LogP contribution is -2.34. The minimum absolute atomic E-state index is 0.0420. The molecule has 4 aromatic rings. The molecular formula is C29H29FN4O2. The normalized spacial score (nSPS) is 16.7. The summed E-state index contributed by atoms with van der Waals surface area (Å²) >= 11 is 0. The van der Waals surface area contributed by atoms with E-state index in [9.17, 15) is 14.3 Å². The molecule has 7 heteroatoms. The first kappa shape index (κ1) is 23.9. The van der Waals surface area contributed by atoms with E-state index in [1.807, 2.05) is 73.3 Å². The number of benzene rings is 3. The average molecular weight is 485 g/mol. The highest BCUT2D eigenvalue weighted by atomic mass is 19.1. The van der Waals surface area contributed by atoms with Crippen LogP contribution in [0.5, 0.6) is 0 Å². The number of halogens is 1. The Hall–Kier alpha value is -3.81. The number of rotatable bonds is 7. The van der Waals surface area contributed by atoms with Crippen molar-refractivity contribution in [3.8, 4) is 11.1 Å². The second kappa shape index (κ2) is 10.0. The van der Waals surface area contributed by atoms with Gasteiger partial charge in [0.2, 0.25) is 0 Å². The van der Waals surface area contributed by atoms with Crippen LogP contribution in [0.3, 0.4) is 0 Å². The Bertz CT molecular complexity index is 1400. The molecule has 2 unspecified atom stereocenters. The second-order valence-corrected chi connectivity index (χ2v) is 9.32. The summed E-state index contributed by atoms with van der Waals surface area (Å²) in [6.07, 6.45) is -0.325. The van der Waals surface area contributed by atoms with Crippen LogP contribution < -0.4 is 10.6 Å². The fourth-order valence-corrected chi connectivity index (χ4v) is 4.85. The lowest BCUT2D eigenvalue weighted by molar-refractivity contribution is 0.0854. The molecular weight excluding hydrogens is 455 g/mol. The Balaban J connectivity index is 1.28. The van der Waals surface area contributed by atoms with Gasteiger partial charge < -0.3 is 15.7 Å². The third-order valence-electron chi connectivity index (χ3n) is 6.70. The van der Waals surface area contributed by atoms with Crippen molar-refractivity contribution in [1.82, 2.24) is 20.4 Å². The average Bonchev–Trinajstić information content (AvgIpc) is 3.36. The van der Waals surface area contributed by atoms with Gasteiger partial charge >= 0.3 is 0 Å². The van der Waals surface area contributed by atoms with Crippen molar-refractivity contribution in [2.45, 2.75) is 38.6 Å². The first-order chi connectivity index (χ1) is 17.4. The number of fused-ring (bicyclic) bond motifs is 1. The van der Waals surface area contributed by atoms with Gasteiger partial charge in [0.05, 0.1) is 29.1 Å². The Morgan fingerprint density at radius 3 is 2.58 bits per heavy atom. The van der Waals surface area contributed by atoms with Crippen LogP contribution in [0.25, 0.3) is 11.1 Å². The van der Waals surface area contributed by atoms with Crippen LogP contribution in [0.4, 0.5) is 4.39 Å². The van der Waals surface area contributed by atoms with Crippen LogP contribution in [0.15, 0.2) is 72.8 Å². The van der Waals surface area contributed by atoms with E-state index in [1.54, 1.807) is 6.07 Å². The molecule has 0 fully saturated rings. The van der Waals surface area contributed by atoms with Crippen molar-refractivity contribution in [3.05, 3.63) is 112 Å². The maximum atomic E-state index is 14.9. The number of amides is 1. The van der Waals surface area contributed by atoms with E-state index in [1.165, 1.54) is 12.1 Å². The zero-order valence-electron chi connectivity index (χ0n) is 20.3. The van der Waals surface area contributed by atoms with Gasteiger partial charge in [-0.15, -0.1) is 0 Å². The second-order valence-electron chi connectivity index (χ2n) is 9.32. The van der Waals surface area contributed by atoms with Gasteiger partial charge in [-0.25, -0.2) is 4.39 Å². The maximum absolute atomic E-state index is 14.9. The smallest absolute Gasteiger partial charge is 0.254 e. The summed E-state index contributed by atoms with van der Waals surface area (Å²) in [5, 5.41) is 21.3. The van der Waals surface area contributed by atoms with Gasteiger partial charge in [0.1, 0.15) is 5.82 Å². The molecule has 1 heterocycles. The Labute approximate surface area is 209 Å². The number of aryl methyl sites for hydroxylation is 2. The zero-order chi connectivity index (χ0) is 25.2. The van der Waals surface area contributed by atoms with Crippen LogP contribution in [0.2, 0.25) is 0 Å². The Kier molecular flexibility index (Phi) is 6.67. The van der Waals surface area contributed by atoms with E-state index in [2.05, 4.69) is 15.7 Å². The minimum atomic E-state index is -0.767. The van der Waals surface area contributed by atoms with E-state index < -0.39 is 23.9 Å². The van der Waals surface area contributed by atoms with E-state index in [-0.39, 0.29) is 5.56 Å². The predicted molar refractivity (Wildman–Crippen MR) is 137 cm³/mol. The number of aliphatic hydroxyl groups is 1. The van der Waals surface area contributed by atoms with Crippen LogP contribution in [0.1, 0.15) is 44.5 Å². The van der Waals surface area contributed by atoms with Gasteiger partial charge in [0.25, 0.3) is 5.91 Å². The maximum Gasteiger partial charge on any atom is 0.254 e. The van der Waals surface area contributed by atoms with Gasteiger partial charge in [-0.05, 0) is 52.9 Å². The van der Waals surface area contributed by atoms with Crippen molar-refractivity contribution in [2.24, 2.45) is 7.05 Å². The number of nitrogens with one attached hydrogen (secondary N) is 2. The summed E-state index contributed by atoms with van der Waals surface area (Å²) in [5.41, 5.74) is 6.50. The number of aliphatic hydroxyl groups excluding tert-OH is 1. The van der Waals surface area contributed by atoms with Crippen molar-refractivity contribution in [3.63, 3.8) is 0 Å². The molecule has 36 heavy (non-hydrogen) atoms. The summed E-state index contributed by atoms with van der Waals surface area (Å²) in [6.45, 7) is 3.27. The highest BCUT2D eigenvalue weighted by molar-refractivity contribution is 5.95. The monoisotopic (exact) mass is 484 g/mol. The highest BCUT2D eigenvalue weighted by Crippen LogP contribution is 2.33. The molecule has 0 radical (unpaired) electrons. The van der Waals surface area contributed by atoms with Gasteiger partial charge in [0, 0.05) is 26.6 Å².